The monoisotopic (exact) mass is 248 g/mol. The van der Waals surface area contributed by atoms with Gasteiger partial charge in [-0.3, -0.25) is 0 Å². The quantitative estimate of drug-likeness (QED) is 0.766. The van der Waals surface area contributed by atoms with Crippen molar-refractivity contribution in [2.45, 2.75) is 26.7 Å². The zero-order chi connectivity index (χ0) is 13.0. The van der Waals surface area contributed by atoms with Crippen LogP contribution in [0.2, 0.25) is 0 Å². The number of aryl methyl sites for hydroxylation is 1. The Morgan fingerprint density at radius 3 is 3.06 bits per heavy atom. The van der Waals surface area contributed by atoms with E-state index in [9.17, 15) is 0 Å². The molecule has 0 bridgehead atoms. The van der Waals surface area contributed by atoms with Gasteiger partial charge in [0, 0.05) is 19.3 Å². The summed E-state index contributed by atoms with van der Waals surface area (Å²) in [6.07, 6.45) is 3.98. The van der Waals surface area contributed by atoms with Crippen LogP contribution in [-0.4, -0.2) is 32.9 Å². The molecule has 0 aromatic carbocycles. The Balaban J connectivity index is 1.88. The lowest BCUT2D eigenvalue weighted by Gasteiger charge is -2.06. The van der Waals surface area contributed by atoms with E-state index in [0.29, 0.717) is 11.9 Å². The van der Waals surface area contributed by atoms with Crippen LogP contribution < -0.4 is 5.32 Å². The first-order chi connectivity index (χ1) is 8.69. The van der Waals surface area contributed by atoms with Crippen molar-refractivity contribution in [1.82, 2.24) is 14.6 Å². The molecule has 0 saturated carbocycles. The second-order valence-electron chi connectivity index (χ2n) is 4.80. The molecule has 2 N–H and O–H groups in total. The maximum absolute atomic E-state index is 8.92. The third-order valence-electron chi connectivity index (χ3n) is 2.95. The minimum absolute atomic E-state index is 0.256. The molecule has 2 rings (SSSR count). The smallest absolute Gasteiger partial charge is 0.243 e. The van der Waals surface area contributed by atoms with E-state index in [2.05, 4.69) is 15.4 Å². The normalized spacial score (nSPS) is 12.8. The number of rotatable bonds is 6. The van der Waals surface area contributed by atoms with Crippen molar-refractivity contribution in [3.05, 3.63) is 23.9 Å². The third-order valence-corrected chi connectivity index (χ3v) is 2.95. The first-order valence-electron chi connectivity index (χ1n) is 6.37. The molecular formula is C13H20N4O. The number of nitrogens with one attached hydrogen (secondary N) is 1. The Bertz CT molecular complexity index is 509. The van der Waals surface area contributed by atoms with Gasteiger partial charge in [-0.2, -0.15) is 4.98 Å². The third kappa shape index (κ3) is 3.20. The first-order valence-corrected chi connectivity index (χ1v) is 6.37. The molecule has 18 heavy (non-hydrogen) atoms. The van der Waals surface area contributed by atoms with Crippen molar-refractivity contribution in [2.75, 3.05) is 18.5 Å². The van der Waals surface area contributed by atoms with Crippen molar-refractivity contribution in [3.8, 4) is 0 Å². The summed E-state index contributed by atoms with van der Waals surface area (Å²) in [5, 5.41) is 16.5. The van der Waals surface area contributed by atoms with E-state index in [4.69, 9.17) is 5.11 Å². The Labute approximate surface area is 107 Å². The van der Waals surface area contributed by atoms with Crippen molar-refractivity contribution < 1.29 is 5.11 Å². The Morgan fingerprint density at radius 2 is 2.28 bits per heavy atom. The summed E-state index contributed by atoms with van der Waals surface area (Å²) >= 11 is 0. The Morgan fingerprint density at radius 1 is 1.44 bits per heavy atom. The van der Waals surface area contributed by atoms with Gasteiger partial charge in [0.15, 0.2) is 5.65 Å². The van der Waals surface area contributed by atoms with E-state index in [-0.39, 0.29) is 6.61 Å². The molecule has 5 heteroatoms. The predicted molar refractivity (Wildman–Crippen MR) is 71.7 cm³/mol. The molecular weight excluding hydrogens is 228 g/mol. The van der Waals surface area contributed by atoms with E-state index in [1.807, 2.05) is 32.2 Å². The molecule has 98 valence electrons. The molecule has 0 amide bonds. The van der Waals surface area contributed by atoms with E-state index in [1.54, 1.807) is 4.52 Å². The first kappa shape index (κ1) is 12.8. The fourth-order valence-electron chi connectivity index (χ4n) is 1.80. The summed E-state index contributed by atoms with van der Waals surface area (Å²) in [5.41, 5.74) is 2.02. The summed E-state index contributed by atoms with van der Waals surface area (Å²) in [7, 11) is 0. The maximum Gasteiger partial charge on any atom is 0.243 e. The van der Waals surface area contributed by atoms with Gasteiger partial charge in [0.05, 0.1) is 0 Å². The van der Waals surface area contributed by atoms with Gasteiger partial charge in [0.25, 0.3) is 0 Å². The van der Waals surface area contributed by atoms with Gasteiger partial charge in [0.1, 0.15) is 0 Å². The number of fused-ring (bicyclic) bond motifs is 1. The van der Waals surface area contributed by atoms with Crippen molar-refractivity contribution >= 4 is 11.6 Å². The molecule has 0 radical (unpaired) electrons. The number of aromatic nitrogens is 3. The molecule has 5 nitrogen and oxygen atoms in total. The fraction of sp³-hybridized carbons (Fsp3) is 0.538. The highest BCUT2D eigenvalue weighted by atomic mass is 16.3. The highest BCUT2D eigenvalue weighted by molar-refractivity contribution is 5.43. The van der Waals surface area contributed by atoms with Crippen molar-refractivity contribution in [1.29, 1.82) is 0 Å². The molecule has 0 spiro atoms. The lowest BCUT2D eigenvalue weighted by Crippen LogP contribution is -2.07. The molecule has 2 heterocycles. The molecule has 2 aromatic heterocycles. The van der Waals surface area contributed by atoms with E-state index in [0.717, 1.165) is 30.6 Å². The second-order valence-corrected chi connectivity index (χ2v) is 4.80. The summed E-state index contributed by atoms with van der Waals surface area (Å²) < 4.78 is 1.79. The van der Waals surface area contributed by atoms with Crippen LogP contribution in [0.25, 0.3) is 5.65 Å². The SMILES string of the molecule is Cc1ccc2nc(NCCCC(C)CO)nn2c1. The van der Waals surface area contributed by atoms with Crippen LogP contribution in [0.4, 0.5) is 5.95 Å². The maximum atomic E-state index is 8.92. The molecule has 1 unspecified atom stereocenters. The van der Waals surface area contributed by atoms with Gasteiger partial charge < -0.3 is 10.4 Å². The Kier molecular flexibility index (Phi) is 4.15. The van der Waals surface area contributed by atoms with Crippen LogP contribution in [0.1, 0.15) is 25.3 Å². The van der Waals surface area contributed by atoms with Gasteiger partial charge in [-0.25, -0.2) is 4.52 Å². The molecule has 1 atom stereocenters. The van der Waals surface area contributed by atoms with Crippen LogP contribution in [0, 0.1) is 12.8 Å². The zero-order valence-electron chi connectivity index (χ0n) is 10.9. The predicted octanol–water partition coefficient (Wildman–Crippen LogP) is 1.86. The average Bonchev–Trinajstić information content (AvgIpc) is 2.76. The van der Waals surface area contributed by atoms with Crippen LogP contribution in [0.3, 0.4) is 0 Å². The number of pyridine rings is 1. The summed E-state index contributed by atoms with van der Waals surface area (Å²) in [6, 6.07) is 3.98. The number of anilines is 1. The minimum atomic E-state index is 0.256. The molecule has 0 aliphatic rings. The van der Waals surface area contributed by atoms with Crippen LogP contribution >= 0.6 is 0 Å². The lowest BCUT2D eigenvalue weighted by molar-refractivity contribution is 0.229. The van der Waals surface area contributed by atoms with Crippen molar-refractivity contribution in [2.24, 2.45) is 5.92 Å². The topological polar surface area (TPSA) is 62.5 Å². The standard InChI is InChI=1S/C13H20N4O/c1-10-5-6-12-15-13(16-17(12)8-10)14-7-3-4-11(2)9-18/h5-6,8,11,18H,3-4,7,9H2,1-2H3,(H,14,16). The van der Waals surface area contributed by atoms with Gasteiger partial charge >= 0.3 is 0 Å². The van der Waals surface area contributed by atoms with Gasteiger partial charge in [-0.05, 0) is 37.3 Å². The number of nitrogens with zero attached hydrogens (tertiary/aromatic N) is 3. The highest BCUT2D eigenvalue weighted by Gasteiger charge is 2.03. The summed E-state index contributed by atoms with van der Waals surface area (Å²) in [5.74, 6) is 1.03. The molecule has 0 saturated heterocycles. The van der Waals surface area contributed by atoms with Crippen LogP contribution in [0.5, 0.6) is 0 Å². The number of aliphatic hydroxyl groups excluding tert-OH is 1. The largest absolute Gasteiger partial charge is 0.396 e. The molecule has 0 aliphatic heterocycles. The van der Waals surface area contributed by atoms with Crippen LogP contribution in [-0.2, 0) is 0 Å². The van der Waals surface area contributed by atoms with Gasteiger partial charge in [-0.1, -0.05) is 13.0 Å². The molecule has 2 aromatic rings. The van der Waals surface area contributed by atoms with E-state index < -0.39 is 0 Å². The zero-order valence-corrected chi connectivity index (χ0v) is 10.9. The second kappa shape index (κ2) is 5.82. The number of aliphatic hydroxyl groups is 1. The number of hydrogen-bond donors (Lipinski definition) is 2. The molecule has 0 fully saturated rings. The van der Waals surface area contributed by atoms with E-state index >= 15 is 0 Å². The summed E-state index contributed by atoms with van der Waals surface area (Å²) in [6.45, 7) is 5.17. The van der Waals surface area contributed by atoms with Crippen molar-refractivity contribution in [3.63, 3.8) is 0 Å². The van der Waals surface area contributed by atoms with Gasteiger partial charge in [0.2, 0.25) is 5.95 Å². The molecule has 0 aliphatic carbocycles. The fourth-order valence-corrected chi connectivity index (χ4v) is 1.80. The average molecular weight is 248 g/mol. The minimum Gasteiger partial charge on any atom is -0.396 e. The van der Waals surface area contributed by atoms with Gasteiger partial charge in [-0.15, -0.1) is 5.10 Å². The highest BCUT2D eigenvalue weighted by Crippen LogP contribution is 2.08. The number of hydrogen-bond acceptors (Lipinski definition) is 4. The Hall–Kier alpha value is -1.62. The van der Waals surface area contributed by atoms with Crippen LogP contribution in [0.15, 0.2) is 18.3 Å². The lowest BCUT2D eigenvalue weighted by atomic mass is 10.1. The van der Waals surface area contributed by atoms with E-state index in [1.165, 1.54) is 0 Å². The summed E-state index contributed by atoms with van der Waals surface area (Å²) in [4.78, 5) is 4.38.